The molecular formula is C31H31ClF3N3O7. The van der Waals surface area contributed by atoms with Gasteiger partial charge in [-0.25, -0.2) is 9.78 Å². The average molecular weight is 650 g/mol. The molecule has 1 N–H and O–H groups in total. The Morgan fingerprint density at radius 2 is 1.73 bits per heavy atom. The second-order valence-electron chi connectivity index (χ2n) is 11.2. The third kappa shape index (κ3) is 8.64. The monoisotopic (exact) mass is 649 g/mol. The maximum absolute atomic E-state index is 13.8. The summed E-state index contributed by atoms with van der Waals surface area (Å²) < 4.78 is 57.9. The van der Waals surface area contributed by atoms with Crippen molar-refractivity contribution in [2.75, 3.05) is 20.3 Å². The molecule has 4 rings (SSSR count). The number of aromatic nitrogens is 3. The number of alkyl halides is 3. The SMILES string of the molecule is COc1cn([C@@H](CCOC(C)(C)C)C(=O)Cc2ccc3nc(C(=O)O)cn3c2)c(=O)cc1-c1cc(Cl)ccc1OCC(F)(F)F. The summed E-state index contributed by atoms with van der Waals surface area (Å²) in [5.74, 6) is -1.62. The molecule has 0 saturated carbocycles. The maximum Gasteiger partial charge on any atom is 0.422 e. The smallest absolute Gasteiger partial charge is 0.422 e. The number of imidazole rings is 1. The normalized spacial score (nSPS) is 12.7. The molecule has 1 atom stereocenters. The summed E-state index contributed by atoms with van der Waals surface area (Å²) in [6.45, 7) is 4.12. The van der Waals surface area contributed by atoms with Gasteiger partial charge in [-0.05, 0) is 57.0 Å². The van der Waals surface area contributed by atoms with E-state index in [0.717, 1.165) is 6.07 Å². The van der Waals surface area contributed by atoms with Gasteiger partial charge in [0.1, 0.15) is 17.1 Å². The van der Waals surface area contributed by atoms with E-state index in [1.165, 1.54) is 46.7 Å². The number of fused-ring (bicyclic) bond motifs is 1. The first kappa shape index (κ1) is 33.5. The molecule has 0 fully saturated rings. The zero-order chi connectivity index (χ0) is 33.1. The van der Waals surface area contributed by atoms with E-state index < -0.39 is 36.0 Å². The largest absolute Gasteiger partial charge is 0.495 e. The number of ether oxygens (including phenoxy) is 3. The van der Waals surface area contributed by atoms with Crippen LogP contribution in [0.25, 0.3) is 16.8 Å². The Balaban J connectivity index is 1.73. The molecule has 240 valence electrons. The third-order valence-corrected chi connectivity index (χ3v) is 6.87. The molecule has 0 saturated heterocycles. The van der Waals surface area contributed by atoms with Gasteiger partial charge in [0, 0.05) is 47.6 Å². The van der Waals surface area contributed by atoms with Crippen LogP contribution in [0, 0.1) is 0 Å². The lowest BCUT2D eigenvalue weighted by Crippen LogP contribution is -2.32. The number of carbonyl (C=O) groups excluding carboxylic acids is 1. The standard InChI is InChI=1S/C31H31ClF3N3O7/c1-30(2,3)45-10-9-23(24(39)11-18-5-8-27-36-22(29(41)42)15-37(27)14-18)38-16-26(43-4)21(13-28(38)40)20-12-19(32)6-7-25(20)44-17-31(33,34)35/h5-8,12-16,23H,9-11,17H2,1-4H3,(H,41,42)/t23-/m0/s1. The molecule has 0 aliphatic heterocycles. The topological polar surface area (TPSA) is 121 Å². The second-order valence-corrected chi connectivity index (χ2v) is 11.6. The number of hydrogen-bond donors (Lipinski definition) is 1. The Labute approximate surface area is 260 Å². The van der Waals surface area contributed by atoms with Crippen LogP contribution in [0.4, 0.5) is 13.2 Å². The van der Waals surface area contributed by atoms with Crippen molar-refractivity contribution < 1.29 is 42.1 Å². The summed E-state index contributed by atoms with van der Waals surface area (Å²) in [5, 5.41) is 9.43. The van der Waals surface area contributed by atoms with E-state index >= 15 is 0 Å². The van der Waals surface area contributed by atoms with Crippen LogP contribution >= 0.6 is 11.6 Å². The van der Waals surface area contributed by atoms with Crippen molar-refractivity contribution in [3.8, 4) is 22.6 Å². The first-order valence-electron chi connectivity index (χ1n) is 13.7. The van der Waals surface area contributed by atoms with Crippen LogP contribution in [-0.2, 0) is 16.0 Å². The number of pyridine rings is 2. The van der Waals surface area contributed by atoms with Crippen molar-refractivity contribution >= 4 is 29.0 Å². The lowest BCUT2D eigenvalue weighted by atomic mass is 10.0. The molecule has 0 radical (unpaired) electrons. The molecule has 0 amide bonds. The van der Waals surface area contributed by atoms with Crippen LogP contribution in [0.2, 0.25) is 5.02 Å². The second kappa shape index (κ2) is 13.3. The summed E-state index contributed by atoms with van der Waals surface area (Å²) in [6.07, 6.45) is -0.360. The number of carboxylic acid groups (broad SMARTS) is 1. The molecule has 0 unspecified atom stereocenters. The van der Waals surface area contributed by atoms with Gasteiger partial charge in [-0.1, -0.05) is 17.7 Å². The van der Waals surface area contributed by atoms with E-state index in [4.69, 9.17) is 25.8 Å². The number of nitrogens with zero attached hydrogens (tertiary/aromatic N) is 3. The van der Waals surface area contributed by atoms with E-state index in [2.05, 4.69) is 4.98 Å². The van der Waals surface area contributed by atoms with Gasteiger partial charge in [0.05, 0.1) is 24.9 Å². The highest BCUT2D eigenvalue weighted by molar-refractivity contribution is 6.31. The van der Waals surface area contributed by atoms with Crippen LogP contribution in [0.15, 0.2) is 59.8 Å². The summed E-state index contributed by atoms with van der Waals surface area (Å²) in [4.78, 5) is 42.7. The molecule has 1 aromatic carbocycles. The Morgan fingerprint density at radius 1 is 1.02 bits per heavy atom. The van der Waals surface area contributed by atoms with Crippen molar-refractivity contribution in [2.45, 2.75) is 51.4 Å². The van der Waals surface area contributed by atoms with Gasteiger partial charge in [0.2, 0.25) is 0 Å². The summed E-state index contributed by atoms with van der Waals surface area (Å²) in [5.41, 5.74) is -0.149. The van der Waals surface area contributed by atoms with Crippen LogP contribution in [0.3, 0.4) is 0 Å². The van der Waals surface area contributed by atoms with Gasteiger partial charge in [-0.2, -0.15) is 13.2 Å². The fourth-order valence-electron chi connectivity index (χ4n) is 4.64. The lowest BCUT2D eigenvalue weighted by Gasteiger charge is -2.24. The number of benzene rings is 1. The van der Waals surface area contributed by atoms with Crippen molar-refractivity contribution in [2.24, 2.45) is 0 Å². The van der Waals surface area contributed by atoms with Crippen molar-refractivity contribution in [1.82, 2.24) is 14.0 Å². The van der Waals surface area contributed by atoms with Crippen molar-refractivity contribution in [3.05, 3.63) is 81.6 Å². The first-order valence-corrected chi connectivity index (χ1v) is 14.1. The van der Waals surface area contributed by atoms with Gasteiger partial charge >= 0.3 is 12.1 Å². The molecule has 0 spiro atoms. The van der Waals surface area contributed by atoms with Crippen LogP contribution in [-0.4, -0.2) is 62.9 Å². The molecule has 4 aromatic rings. The fourth-order valence-corrected chi connectivity index (χ4v) is 4.81. The maximum atomic E-state index is 13.8. The van der Waals surface area contributed by atoms with Gasteiger partial charge in [-0.3, -0.25) is 9.59 Å². The van der Waals surface area contributed by atoms with E-state index in [0.29, 0.717) is 11.2 Å². The Bertz CT molecular complexity index is 1780. The molecule has 0 bridgehead atoms. The van der Waals surface area contributed by atoms with E-state index in [1.54, 1.807) is 18.3 Å². The third-order valence-electron chi connectivity index (χ3n) is 6.63. The predicted octanol–water partition coefficient (Wildman–Crippen LogP) is 6.02. The molecule has 0 aliphatic carbocycles. The number of rotatable bonds is 12. The molecule has 3 aromatic heterocycles. The number of carbonyl (C=O) groups is 2. The number of Topliss-reactive ketones (excluding diaryl/α,β-unsaturated/α-hetero) is 1. The highest BCUT2D eigenvalue weighted by atomic mass is 35.5. The van der Waals surface area contributed by atoms with E-state index in [1.807, 2.05) is 20.8 Å². The highest BCUT2D eigenvalue weighted by Crippen LogP contribution is 2.38. The molecule has 14 heteroatoms. The molecular weight excluding hydrogens is 619 g/mol. The van der Waals surface area contributed by atoms with E-state index in [-0.39, 0.29) is 58.6 Å². The molecule has 0 aliphatic rings. The summed E-state index contributed by atoms with van der Waals surface area (Å²) >= 11 is 6.14. The van der Waals surface area contributed by atoms with Crippen molar-refractivity contribution in [1.29, 1.82) is 0 Å². The quantitative estimate of drug-likeness (QED) is 0.198. The molecule has 10 nitrogen and oxygen atoms in total. The minimum absolute atomic E-state index is 0.0873. The zero-order valence-corrected chi connectivity index (χ0v) is 25.6. The predicted molar refractivity (Wildman–Crippen MR) is 159 cm³/mol. The number of methoxy groups -OCH3 is 1. The average Bonchev–Trinajstić information content (AvgIpc) is 3.38. The number of halogens is 4. The van der Waals surface area contributed by atoms with Gasteiger partial charge < -0.3 is 28.3 Å². The van der Waals surface area contributed by atoms with Crippen molar-refractivity contribution in [3.63, 3.8) is 0 Å². The molecule has 3 heterocycles. The first-order chi connectivity index (χ1) is 21.0. The highest BCUT2D eigenvalue weighted by Gasteiger charge is 2.30. The summed E-state index contributed by atoms with van der Waals surface area (Å²) in [7, 11) is 1.32. The van der Waals surface area contributed by atoms with Crippen LogP contribution in [0.5, 0.6) is 11.5 Å². The number of hydrogen-bond acceptors (Lipinski definition) is 7. The lowest BCUT2D eigenvalue weighted by molar-refractivity contribution is -0.153. The zero-order valence-electron chi connectivity index (χ0n) is 24.9. The van der Waals surface area contributed by atoms with Crippen LogP contribution in [0.1, 0.15) is 49.3 Å². The minimum Gasteiger partial charge on any atom is -0.495 e. The minimum atomic E-state index is -4.60. The number of ketones is 1. The van der Waals surface area contributed by atoms with Gasteiger partial charge in [0.15, 0.2) is 18.1 Å². The van der Waals surface area contributed by atoms with Crippen LogP contribution < -0.4 is 15.0 Å². The summed E-state index contributed by atoms with van der Waals surface area (Å²) in [6, 6.07) is 7.34. The Hall–Kier alpha value is -4.36. The fraction of sp³-hybridized carbons (Fsp3) is 0.355. The number of carboxylic acids is 1. The molecule has 45 heavy (non-hydrogen) atoms. The number of aromatic carboxylic acids is 1. The van der Waals surface area contributed by atoms with E-state index in [9.17, 15) is 32.7 Å². The Kier molecular flexibility index (Phi) is 9.93. The van der Waals surface area contributed by atoms with Gasteiger partial charge in [0.25, 0.3) is 5.56 Å². The van der Waals surface area contributed by atoms with Gasteiger partial charge in [-0.15, -0.1) is 0 Å². The Morgan fingerprint density at radius 3 is 2.38 bits per heavy atom.